The summed E-state index contributed by atoms with van der Waals surface area (Å²) in [6.45, 7) is 6.62. The van der Waals surface area contributed by atoms with Gasteiger partial charge in [0.1, 0.15) is 13.8 Å². The van der Waals surface area contributed by atoms with E-state index >= 15 is 0 Å². The highest BCUT2D eigenvalue weighted by Crippen LogP contribution is 2.01. The second kappa shape index (κ2) is 3.08. The molecule has 0 aliphatic carbocycles. The Hall–Kier alpha value is -1.14. The summed E-state index contributed by atoms with van der Waals surface area (Å²) in [5, 5.41) is 1.02. The molecule has 0 N–H and O–H groups in total. The van der Waals surface area contributed by atoms with E-state index in [2.05, 4.69) is 35.5 Å². The van der Waals surface area contributed by atoms with E-state index in [0.717, 1.165) is 5.32 Å². The van der Waals surface area contributed by atoms with Gasteiger partial charge in [-0.05, 0) is 5.92 Å². The van der Waals surface area contributed by atoms with Gasteiger partial charge >= 0.3 is 0 Å². The van der Waals surface area contributed by atoms with E-state index in [-0.39, 0.29) is 0 Å². The minimum Gasteiger partial charge on any atom is -0.262 e. The molecule has 0 radical (unpaired) electrons. The molecule has 1 aromatic rings. The summed E-state index contributed by atoms with van der Waals surface area (Å²) in [6, 6.07) is 0. The van der Waals surface area contributed by atoms with Gasteiger partial charge in [-0.2, -0.15) is 0 Å². The predicted octanol–water partition coefficient (Wildman–Crippen LogP) is 1.00. The number of rotatable bonds is 1. The van der Waals surface area contributed by atoms with Gasteiger partial charge in [0.25, 0.3) is 0 Å². The fraction of sp³-hybridized carbons (Fsp3) is 0.333. The third kappa shape index (κ3) is 1.71. The molecule has 0 aliphatic heterocycles. The predicted molar refractivity (Wildman–Crippen MR) is 52.9 cm³/mol. The van der Waals surface area contributed by atoms with Crippen LogP contribution in [0.2, 0.25) is 19.6 Å². The van der Waals surface area contributed by atoms with Crippen LogP contribution in [0.15, 0.2) is 12.4 Å². The van der Waals surface area contributed by atoms with Crippen molar-refractivity contribution in [2.75, 3.05) is 0 Å². The van der Waals surface area contributed by atoms with Crippen LogP contribution in [0.3, 0.4) is 0 Å². The molecule has 0 aliphatic rings. The summed E-state index contributed by atoms with van der Waals surface area (Å²) in [5.74, 6) is 2.56. The van der Waals surface area contributed by atoms with Gasteiger partial charge in [-0.25, -0.2) is 4.98 Å². The topological polar surface area (TPSA) is 25.8 Å². The molecule has 12 heavy (non-hydrogen) atoms. The van der Waals surface area contributed by atoms with Gasteiger partial charge in [-0.3, -0.25) is 4.98 Å². The summed E-state index contributed by atoms with van der Waals surface area (Å²) >= 11 is 0. The standard InChI is InChI=1S/C9H12N2Si/c1-5-8-9(12(2,3)4)11-7-6-10-8/h1,6-7H,2-4H3. The molecule has 0 saturated carbocycles. The first-order valence-electron chi connectivity index (χ1n) is 3.84. The third-order valence-electron chi connectivity index (χ3n) is 1.55. The average molecular weight is 176 g/mol. The molecule has 0 amide bonds. The molecule has 3 heteroatoms. The number of terminal acetylenes is 1. The lowest BCUT2D eigenvalue weighted by Crippen LogP contribution is -2.42. The third-order valence-corrected chi connectivity index (χ3v) is 3.33. The van der Waals surface area contributed by atoms with Gasteiger partial charge in [-0.1, -0.05) is 19.6 Å². The zero-order chi connectivity index (χ0) is 9.19. The van der Waals surface area contributed by atoms with Gasteiger partial charge in [0, 0.05) is 12.4 Å². The molecule has 1 rings (SSSR count). The Kier molecular flexibility index (Phi) is 2.29. The van der Waals surface area contributed by atoms with Crippen LogP contribution in [0.4, 0.5) is 0 Å². The summed E-state index contributed by atoms with van der Waals surface area (Å²) in [6.07, 6.45) is 8.66. The Balaban J connectivity index is 3.26. The maximum atomic E-state index is 5.32. The Morgan fingerprint density at radius 3 is 2.25 bits per heavy atom. The van der Waals surface area contributed by atoms with Crippen LogP contribution in [0.25, 0.3) is 0 Å². The van der Waals surface area contributed by atoms with Gasteiger partial charge in [0.05, 0.1) is 5.32 Å². The summed E-state index contributed by atoms with van der Waals surface area (Å²) in [7, 11) is -1.41. The first-order chi connectivity index (χ1) is 5.55. The normalized spacial score (nSPS) is 10.8. The first-order valence-corrected chi connectivity index (χ1v) is 7.34. The highest BCUT2D eigenvalue weighted by Gasteiger charge is 2.21. The highest BCUT2D eigenvalue weighted by molar-refractivity contribution is 6.88. The van der Waals surface area contributed by atoms with Gasteiger partial charge in [-0.15, -0.1) is 6.42 Å². The smallest absolute Gasteiger partial charge is 0.129 e. The minimum absolute atomic E-state index is 0.705. The van der Waals surface area contributed by atoms with E-state index in [1.165, 1.54) is 0 Å². The van der Waals surface area contributed by atoms with Crippen LogP contribution in [-0.4, -0.2) is 18.0 Å². The van der Waals surface area contributed by atoms with Crippen LogP contribution < -0.4 is 5.32 Å². The summed E-state index contributed by atoms with van der Waals surface area (Å²) in [4.78, 5) is 8.38. The Morgan fingerprint density at radius 2 is 1.83 bits per heavy atom. The molecular formula is C9H12N2Si. The van der Waals surface area contributed by atoms with Crippen molar-refractivity contribution in [1.29, 1.82) is 0 Å². The fourth-order valence-electron chi connectivity index (χ4n) is 0.993. The number of aromatic nitrogens is 2. The lowest BCUT2D eigenvalue weighted by atomic mass is 10.5. The molecule has 0 saturated heterocycles. The van der Waals surface area contributed by atoms with E-state index < -0.39 is 8.07 Å². The summed E-state index contributed by atoms with van der Waals surface area (Å²) < 4.78 is 0. The molecule has 0 atom stereocenters. The van der Waals surface area contributed by atoms with Gasteiger partial charge < -0.3 is 0 Å². The van der Waals surface area contributed by atoms with Crippen LogP contribution in [0, 0.1) is 12.3 Å². The van der Waals surface area contributed by atoms with E-state index in [4.69, 9.17) is 6.42 Å². The molecule has 0 unspecified atom stereocenters. The molecule has 2 nitrogen and oxygen atoms in total. The van der Waals surface area contributed by atoms with Crippen LogP contribution in [0.1, 0.15) is 5.69 Å². The van der Waals surface area contributed by atoms with Crippen molar-refractivity contribution >= 4 is 13.4 Å². The number of nitrogens with zero attached hydrogens (tertiary/aromatic N) is 2. The maximum Gasteiger partial charge on any atom is 0.129 e. The first kappa shape index (κ1) is 8.95. The van der Waals surface area contributed by atoms with Crippen molar-refractivity contribution in [2.24, 2.45) is 0 Å². The largest absolute Gasteiger partial charge is 0.262 e. The fourth-order valence-corrected chi connectivity index (χ4v) is 2.30. The zero-order valence-electron chi connectivity index (χ0n) is 7.63. The Labute approximate surface area is 74.1 Å². The molecular weight excluding hydrogens is 164 g/mol. The van der Waals surface area contributed by atoms with E-state index in [1.54, 1.807) is 12.4 Å². The minimum atomic E-state index is -1.41. The quantitative estimate of drug-likeness (QED) is 0.471. The second-order valence-electron chi connectivity index (χ2n) is 3.65. The highest BCUT2D eigenvalue weighted by atomic mass is 28.3. The molecule has 1 heterocycles. The maximum absolute atomic E-state index is 5.32. The SMILES string of the molecule is C#Cc1nccnc1[Si](C)(C)C. The molecule has 0 aromatic carbocycles. The lowest BCUT2D eigenvalue weighted by molar-refractivity contribution is 1.20. The molecule has 62 valence electrons. The van der Waals surface area contributed by atoms with Crippen molar-refractivity contribution in [1.82, 2.24) is 9.97 Å². The van der Waals surface area contributed by atoms with Crippen molar-refractivity contribution in [3.05, 3.63) is 18.1 Å². The summed E-state index contributed by atoms with van der Waals surface area (Å²) in [5.41, 5.74) is 0.705. The molecule has 0 fully saturated rings. The number of hydrogen-bond acceptors (Lipinski definition) is 2. The lowest BCUT2D eigenvalue weighted by Gasteiger charge is -2.15. The second-order valence-corrected chi connectivity index (χ2v) is 8.62. The van der Waals surface area contributed by atoms with Crippen LogP contribution >= 0.6 is 0 Å². The Bertz CT molecular complexity index is 320. The van der Waals surface area contributed by atoms with Crippen molar-refractivity contribution < 1.29 is 0 Å². The van der Waals surface area contributed by atoms with E-state index in [9.17, 15) is 0 Å². The van der Waals surface area contributed by atoms with Crippen molar-refractivity contribution in [3.63, 3.8) is 0 Å². The zero-order valence-corrected chi connectivity index (χ0v) is 8.63. The van der Waals surface area contributed by atoms with Crippen LogP contribution in [-0.2, 0) is 0 Å². The van der Waals surface area contributed by atoms with Gasteiger partial charge in [0.15, 0.2) is 0 Å². The van der Waals surface area contributed by atoms with Crippen molar-refractivity contribution in [2.45, 2.75) is 19.6 Å². The number of hydrogen-bond donors (Lipinski definition) is 0. The van der Waals surface area contributed by atoms with Gasteiger partial charge in [0.2, 0.25) is 0 Å². The van der Waals surface area contributed by atoms with Crippen LogP contribution in [0.5, 0.6) is 0 Å². The van der Waals surface area contributed by atoms with E-state index in [0.29, 0.717) is 5.69 Å². The molecule has 0 bridgehead atoms. The van der Waals surface area contributed by atoms with Crippen molar-refractivity contribution in [3.8, 4) is 12.3 Å². The monoisotopic (exact) mass is 176 g/mol. The molecule has 0 spiro atoms. The van der Waals surface area contributed by atoms with E-state index in [1.807, 2.05) is 0 Å². The average Bonchev–Trinajstić information content (AvgIpc) is 2.03. The molecule has 1 aromatic heterocycles. The Morgan fingerprint density at radius 1 is 1.25 bits per heavy atom.